The second-order valence-corrected chi connectivity index (χ2v) is 7.58. The van der Waals surface area contributed by atoms with Crippen molar-refractivity contribution in [1.29, 1.82) is 0 Å². The van der Waals surface area contributed by atoms with Crippen molar-refractivity contribution < 1.29 is 9.18 Å². The van der Waals surface area contributed by atoms with E-state index in [-0.39, 0.29) is 17.8 Å². The molecule has 2 aromatic carbocycles. The van der Waals surface area contributed by atoms with E-state index in [1.54, 1.807) is 23.2 Å². The van der Waals surface area contributed by atoms with Crippen molar-refractivity contribution in [3.05, 3.63) is 77.9 Å². The van der Waals surface area contributed by atoms with Crippen LogP contribution in [0.3, 0.4) is 0 Å². The van der Waals surface area contributed by atoms with E-state index in [2.05, 4.69) is 15.8 Å². The Hall–Kier alpha value is -2.83. The zero-order valence-electron chi connectivity index (χ0n) is 16.4. The molecular formula is C23H25FN4O. The highest BCUT2D eigenvalue weighted by atomic mass is 19.1. The van der Waals surface area contributed by atoms with Gasteiger partial charge in [0.15, 0.2) is 0 Å². The van der Waals surface area contributed by atoms with Crippen molar-refractivity contribution >= 4 is 16.7 Å². The van der Waals surface area contributed by atoms with Gasteiger partial charge >= 0.3 is 0 Å². The van der Waals surface area contributed by atoms with Gasteiger partial charge < -0.3 is 4.90 Å². The smallest absolute Gasteiger partial charge is 0.272 e. The molecule has 0 aliphatic carbocycles. The molecule has 2 N–H and O–H groups in total. The van der Waals surface area contributed by atoms with Crippen LogP contribution in [0.4, 0.5) is 4.39 Å². The Kier molecular flexibility index (Phi) is 5.83. The number of hydrogen-bond donors (Lipinski definition) is 2. The molecule has 5 nitrogen and oxygen atoms in total. The minimum absolute atomic E-state index is 0.0584. The highest BCUT2D eigenvalue weighted by molar-refractivity contribution is 6.04. The number of fused-ring (bicyclic) bond motifs is 1. The first-order valence-corrected chi connectivity index (χ1v) is 9.97. The van der Waals surface area contributed by atoms with E-state index in [0.29, 0.717) is 18.3 Å². The first kappa shape index (κ1) is 19.5. The van der Waals surface area contributed by atoms with Gasteiger partial charge in [-0.25, -0.2) is 4.39 Å². The molecule has 1 fully saturated rings. The quantitative estimate of drug-likeness (QED) is 0.669. The molecule has 3 aromatic rings. The molecule has 4 rings (SSSR count). The van der Waals surface area contributed by atoms with Crippen LogP contribution >= 0.6 is 0 Å². The molecule has 150 valence electrons. The predicted molar refractivity (Wildman–Crippen MR) is 112 cm³/mol. The zero-order valence-corrected chi connectivity index (χ0v) is 16.4. The van der Waals surface area contributed by atoms with Gasteiger partial charge in [0.1, 0.15) is 11.5 Å². The number of halogens is 1. The number of hydrogen-bond acceptors (Lipinski definition) is 4. The SMILES string of the molecule is CN(CCCC1CC(c2cccc(F)c2)NN1)C(=O)c1nccc2ccccc12. The van der Waals surface area contributed by atoms with Crippen LogP contribution < -0.4 is 10.9 Å². The molecule has 29 heavy (non-hydrogen) atoms. The van der Waals surface area contributed by atoms with Gasteiger partial charge in [0.25, 0.3) is 5.91 Å². The number of benzene rings is 2. The number of hydrazine groups is 1. The first-order valence-electron chi connectivity index (χ1n) is 9.97. The molecule has 1 amide bonds. The topological polar surface area (TPSA) is 57.3 Å². The van der Waals surface area contributed by atoms with Gasteiger partial charge in [-0.2, -0.15) is 0 Å². The summed E-state index contributed by atoms with van der Waals surface area (Å²) >= 11 is 0. The molecule has 2 unspecified atom stereocenters. The highest BCUT2D eigenvalue weighted by Gasteiger charge is 2.25. The fourth-order valence-corrected chi connectivity index (χ4v) is 3.90. The number of amides is 1. The number of carbonyl (C=O) groups excluding carboxylic acids is 1. The molecule has 0 radical (unpaired) electrons. The van der Waals surface area contributed by atoms with Gasteiger partial charge in [-0.15, -0.1) is 0 Å². The van der Waals surface area contributed by atoms with E-state index in [4.69, 9.17) is 0 Å². The van der Waals surface area contributed by atoms with E-state index in [1.807, 2.05) is 43.4 Å². The summed E-state index contributed by atoms with van der Waals surface area (Å²) in [5.74, 6) is -0.271. The number of carbonyl (C=O) groups is 1. The number of nitrogens with one attached hydrogen (secondary N) is 2. The van der Waals surface area contributed by atoms with Gasteiger partial charge in [0, 0.05) is 37.3 Å². The maximum atomic E-state index is 13.4. The van der Waals surface area contributed by atoms with E-state index in [9.17, 15) is 9.18 Å². The van der Waals surface area contributed by atoms with Crippen LogP contribution in [0.5, 0.6) is 0 Å². The van der Waals surface area contributed by atoms with Crippen molar-refractivity contribution in [3.63, 3.8) is 0 Å². The van der Waals surface area contributed by atoms with Crippen LogP contribution in [-0.4, -0.2) is 35.4 Å². The largest absolute Gasteiger partial charge is 0.340 e. The molecule has 0 saturated carbocycles. The standard InChI is InChI=1S/C23H25FN4O/c1-28(23(29)22-20-10-3-2-6-16(20)11-12-25-22)13-5-9-19-15-21(27-26-19)17-7-4-8-18(24)14-17/h2-4,6-8,10-12,14,19,21,26-27H,5,9,13,15H2,1H3. The molecule has 1 saturated heterocycles. The average molecular weight is 392 g/mol. The number of aromatic nitrogens is 1. The summed E-state index contributed by atoms with van der Waals surface area (Å²) in [5, 5.41) is 1.90. The molecular weight excluding hydrogens is 367 g/mol. The lowest BCUT2D eigenvalue weighted by Gasteiger charge is -2.18. The third-order valence-corrected chi connectivity index (χ3v) is 5.50. The maximum absolute atomic E-state index is 13.4. The molecule has 1 aliphatic heterocycles. The van der Waals surface area contributed by atoms with Crippen LogP contribution in [-0.2, 0) is 0 Å². The van der Waals surface area contributed by atoms with Crippen LogP contribution in [0.15, 0.2) is 60.8 Å². The molecule has 2 atom stereocenters. The number of pyridine rings is 1. The normalized spacial score (nSPS) is 18.8. The summed E-state index contributed by atoms with van der Waals surface area (Å²) in [6.07, 6.45) is 4.39. The van der Waals surface area contributed by atoms with Crippen molar-refractivity contribution in [2.24, 2.45) is 0 Å². The molecule has 2 heterocycles. The summed E-state index contributed by atoms with van der Waals surface area (Å²) in [6, 6.07) is 16.8. The van der Waals surface area contributed by atoms with Gasteiger partial charge in [-0.05, 0) is 48.4 Å². The summed E-state index contributed by atoms with van der Waals surface area (Å²) in [6.45, 7) is 0.659. The molecule has 6 heteroatoms. The van der Waals surface area contributed by atoms with E-state index < -0.39 is 0 Å². The van der Waals surface area contributed by atoms with E-state index in [1.165, 1.54) is 6.07 Å². The molecule has 0 spiro atoms. The van der Waals surface area contributed by atoms with Gasteiger partial charge in [0.05, 0.1) is 0 Å². The van der Waals surface area contributed by atoms with Crippen molar-refractivity contribution in [2.75, 3.05) is 13.6 Å². The molecule has 0 bridgehead atoms. The lowest BCUT2D eigenvalue weighted by Crippen LogP contribution is -2.32. The van der Waals surface area contributed by atoms with Crippen LogP contribution in [0.1, 0.15) is 41.4 Å². The Morgan fingerprint density at radius 2 is 2.03 bits per heavy atom. The zero-order chi connectivity index (χ0) is 20.2. The van der Waals surface area contributed by atoms with Crippen molar-refractivity contribution in [3.8, 4) is 0 Å². The second-order valence-electron chi connectivity index (χ2n) is 7.58. The van der Waals surface area contributed by atoms with Gasteiger partial charge in [0.2, 0.25) is 0 Å². The fourth-order valence-electron chi connectivity index (χ4n) is 3.90. The van der Waals surface area contributed by atoms with Crippen molar-refractivity contribution in [2.45, 2.75) is 31.3 Å². The monoisotopic (exact) mass is 392 g/mol. The predicted octanol–water partition coefficient (Wildman–Crippen LogP) is 3.83. The average Bonchev–Trinajstić information content (AvgIpc) is 3.22. The minimum atomic E-state index is -0.213. The highest BCUT2D eigenvalue weighted by Crippen LogP contribution is 2.25. The molecule has 1 aromatic heterocycles. The van der Waals surface area contributed by atoms with E-state index in [0.717, 1.165) is 35.6 Å². The van der Waals surface area contributed by atoms with E-state index >= 15 is 0 Å². The molecule has 1 aliphatic rings. The number of rotatable bonds is 6. The van der Waals surface area contributed by atoms with Crippen LogP contribution in [0.25, 0.3) is 10.8 Å². The number of nitrogens with zero attached hydrogens (tertiary/aromatic N) is 2. The summed E-state index contributed by atoms with van der Waals surface area (Å²) < 4.78 is 13.4. The minimum Gasteiger partial charge on any atom is -0.340 e. The Morgan fingerprint density at radius 1 is 1.17 bits per heavy atom. The Labute approximate surface area is 169 Å². The second kappa shape index (κ2) is 8.68. The first-order chi connectivity index (χ1) is 14.1. The lowest BCUT2D eigenvalue weighted by molar-refractivity contribution is 0.0788. The summed E-state index contributed by atoms with van der Waals surface area (Å²) in [4.78, 5) is 18.9. The Bertz CT molecular complexity index is 1000. The fraction of sp³-hybridized carbons (Fsp3) is 0.304. The van der Waals surface area contributed by atoms with Crippen LogP contribution in [0, 0.1) is 5.82 Å². The van der Waals surface area contributed by atoms with Gasteiger partial charge in [-0.1, -0.05) is 36.4 Å². The summed E-state index contributed by atoms with van der Waals surface area (Å²) in [7, 11) is 1.82. The lowest BCUT2D eigenvalue weighted by atomic mass is 9.99. The summed E-state index contributed by atoms with van der Waals surface area (Å²) in [5.41, 5.74) is 8.00. The third-order valence-electron chi connectivity index (χ3n) is 5.50. The Morgan fingerprint density at radius 3 is 2.90 bits per heavy atom. The Balaban J connectivity index is 1.30. The third kappa shape index (κ3) is 4.44. The maximum Gasteiger partial charge on any atom is 0.272 e. The van der Waals surface area contributed by atoms with Crippen molar-refractivity contribution in [1.82, 2.24) is 20.7 Å². The van der Waals surface area contributed by atoms with Crippen LogP contribution in [0.2, 0.25) is 0 Å². The van der Waals surface area contributed by atoms with Gasteiger partial charge in [-0.3, -0.25) is 20.6 Å².